The summed E-state index contributed by atoms with van der Waals surface area (Å²) in [4.78, 5) is 25.5. The highest BCUT2D eigenvalue weighted by molar-refractivity contribution is 7.15. The number of nitrogens with zero attached hydrogens (tertiary/aromatic N) is 3. The molecule has 0 spiro atoms. The number of hydrogen-bond acceptors (Lipinski definition) is 5. The molecule has 2 aromatic rings. The molecule has 5 nitrogen and oxygen atoms in total. The second-order valence-electron chi connectivity index (χ2n) is 7.98. The Morgan fingerprint density at radius 2 is 1.85 bits per heavy atom. The fraction of sp³-hybridized carbons (Fsp3) is 0.550. The number of carbonyl (C=O) groups is 1. The highest BCUT2D eigenvalue weighted by Gasteiger charge is 2.42. The summed E-state index contributed by atoms with van der Waals surface area (Å²) in [6.07, 6.45) is 8.68. The molecule has 3 heterocycles. The van der Waals surface area contributed by atoms with E-state index in [1.54, 1.807) is 23.7 Å². The van der Waals surface area contributed by atoms with Crippen molar-refractivity contribution >= 4 is 29.7 Å². The molecule has 0 aromatic carbocycles. The number of thiazole rings is 1. The van der Waals surface area contributed by atoms with E-state index in [1.165, 1.54) is 17.7 Å². The van der Waals surface area contributed by atoms with Crippen LogP contribution in [-0.2, 0) is 17.6 Å². The van der Waals surface area contributed by atoms with Crippen molar-refractivity contribution in [1.82, 2.24) is 14.9 Å². The zero-order chi connectivity index (χ0) is 17.7. The molecule has 2 aromatic heterocycles. The molecule has 2 N–H and O–H groups in total. The number of pyridine rings is 1. The molecule has 1 saturated heterocycles. The second-order valence-corrected chi connectivity index (χ2v) is 9.07. The van der Waals surface area contributed by atoms with Crippen LogP contribution in [0.4, 0.5) is 0 Å². The highest BCUT2D eigenvalue weighted by Crippen LogP contribution is 2.38. The first-order valence-electron chi connectivity index (χ1n) is 9.62. The minimum atomic E-state index is 0. The SMILES string of the molecule is Cl.NC1[C@@H]2CC[C@H]1CN(C(=O)C1CCc3sc(-c4ccncc4)nc3C1)C2. The molecule has 144 valence electrons. The van der Waals surface area contributed by atoms with Crippen molar-refractivity contribution in [3.8, 4) is 10.6 Å². The molecule has 5 rings (SSSR count). The molecule has 2 fully saturated rings. The number of rotatable bonds is 2. The van der Waals surface area contributed by atoms with Crippen LogP contribution < -0.4 is 5.73 Å². The van der Waals surface area contributed by atoms with Crippen LogP contribution in [0.25, 0.3) is 10.6 Å². The van der Waals surface area contributed by atoms with E-state index in [9.17, 15) is 4.79 Å². The smallest absolute Gasteiger partial charge is 0.226 e. The van der Waals surface area contributed by atoms with E-state index in [0.29, 0.717) is 23.8 Å². The van der Waals surface area contributed by atoms with Crippen LogP contribution in [0, 0.1) is 17.8 Å². The molecule has 4 atom stereocenters. The van der Waals surface area contributed by atoms with Crippen LogP contribution in [0.15, 0.2) is 24.5 Å². The van der Waals surface area contributed by atoms with E-state index >= 15 is 0 Å². The van der Waals surface area contributed by atoms with Gasteiger partial charge in [0.15, 0.2) is 0 Å². The quantitative estimate of drug-likeness (QED) is 0.835. The van der Waals surface area contributed by atoms with Crippen molar-refractivity contribution < 1.29 is 4.79 Å². The third-order valence-electron chi connectivity index (χ3n) is 6.43. The summed E-state index contributed by atoms with van der Waals surface area (Å²) in [6, 6.07) is 4.30. The molecule has 3 aliphatic rings. The van der Waals surface area contributed by atoms with Gasteiger partial charge in [-0.15, -0.1) is 23.7 Å². The first kappa shape index (κ1) is 18.8. The van der Waals surface area contributed by atoms with Gasteiger partial charge in [-0.25, -0.2) is 4.98 Å². The molecular formula is C20H25ClN4OS. The first-order valence-corrected chi connectivity index (χ1v) is 10.4. The fourth-order valence-electron chi connectivity index (χ4n) is 4.91. The Kier molecular flexibility index (Phi) is 5.23. The number of piperidine rings is 1. The van der Waals surface area contributed by atoms with E-state index < -0.39 is 0 Å². The highest BCUT2D eigenvalue weighted by atomic mass is 35.5. The van der Waals surface area contributed by atoms with Crippen molar-refractivity contribution in [2.45, 2.75) is 38.1 Å². The van der Waals surface area contributed by atoms with Crippen LogP contribution in [0.1, 0.15) is 29.8 Å². The Labute approximate surface area is 169 Å². The number of likely N-dealkylation sites (tertiary alicyclic amines) is 1. The van der Waals surface area contributed by atoms with Gasteiger partial charge in [0, 0.05) is 54.3 Å². The predicted molar refractivity (Wildman–Crippen MR) is 109 cm³/mol. The fourth-order valence-corrected chi connectivity index (χ4v) is 6.02. The standard InChI is InChI=1S/C20H24N4OS.ClH/c21-18-14-1-2-15(18)11-24(10-14)20(25)13-3-4-17-16(9-13)23-19(26-17)12-5-7-22-8-6-12;/h5-8,13-15,18H,1-4,9-11,21H2;1H/t13?,14-,15+,18?;. The van der Waals surface area contributed by atoms with E-state index in [2.05, 4.69) is 9.88 Å². The van der Waals surface area contributed by atoms with Crippen molar-refractivity contribution in [2.24, 2.45) is 23.5 Å². The third kappa shape index (κ3) is 3.39. The van der Waals surface area contributed by atoms with Crippen LogP contribution >= 0.6 is 23.7 Å². The van der Waals surface area contributed by atoms with Gasteiger partial charge < -0.3 is 10.6 Å². The lowest BCUT2D eigenvalue weighted by Gasteiger charge is -2.38. The molecule has 0 radical (unpaired) electrons. The summed E-state index contributed by atoms with van der Waals surface area (Å²) in [5.41, 5.74) is 8.54. The Bertz CT molecular complexity index is 813. The number of hydrogen-bond donors (Lipinski definition) is 1. The topological polar surface area (TPSA) is 72.1 Å². The largest absolute Gasteiger partial charge is 0.342 e. The zero-order valence-corrected chi connectivity index (χ0v) is 16.8. The summed E-state index contributed by atoms with van der Waals surface area (Å²) >= 11 is 1.77. The van der Waals surface area contributed by atoms with E-state index in [0.717, 1.165) is 48.6 Å². The molecule has 2 aliphatic carbocycles. The summed E-state index contributed by atoms with van der Waals surface area (Å²) in [6.45, 7) is 1.72. The number of aromatic nitrogens is 2. The monoisotopic (exact) mass is 404 g/mol. The Balaban J connectivity index is 0.00000180. The van der Waals surface area contributed by atoms with Crippen LogP contribution in [0.2, 0.25) is 0 Å². The van der Waals surface area contributed by atoms with Gasteiger partial charge in [0.25, 0.3) is 0 Å². The Morgan fingerprint density at radius 1 is 1.15 bits per heavy atom. The van der Waals surface area contributed by atoms with Crippen molar-refractivity contribution in [3.63, 3.8) is 0 Å². The second kappa shape index (κ2) is 7.49. The molecule has 1 aliphatic heterocycles. The van der Waals surface area contributed by atoms with Gasteiger partial charge in [0.05, 0.1) is 5.69 Å². The molecule has 7 heteroatoms. The van der Waals surface area contributed by atoms with Gasteiger partial charge in [-0.05, 0) is 49.7 Å². The Morgan fingerprint density at radius 3 is 2.56 bits per heavy atom. The lowest BCUT2D eigenvalue weighted by Crippen LogP contribution is -2.52. The van der Waals surface area contributed by atoms with Crippen LogP contribution in [-0.4, -0.2) is 39.9 Å². The average Bonchev–Trinajstić information content (AvgIpc) is 3.17. The van der Waals surface area contributed by atoms with Crippen molar-refractivity contribution in [3.05, 3.63) is 35.1 Å². The number of halogens is 1. The van der Waals surface area contributed by atoms with Gasteiger partial charge in [0.1, 0.15) is 5.01 Å². The van der Waals surface area contributed by atoms with Gasteiger partial charge >= 0.3 is 0 Å². The average molecular weight is 405 g/mol. The lowest BCUT2D eigenvalue weighted by molar-refractivity contribution is -0.138. The molecule has 2 bridgehead atoms. The van der Waals surface area contributed by atoms with Crippen molar-refractivity contribution in [1.29, 1.82) is 0 Å². The van der Waals surface area contributed by atoms with Crippen molar-refractivity contribution in [2.75, 3.05) is 13.1 Å². The number of fused-ring (bicyclic) bond motifs is 3. The van der Waals surface area contributed by atoms with E-state index in [1.807, 2.05) is 12.1 Å². The minimum Gasteiger partial charge on any atom is -0.342 e. The number of nitrogens with two attached hydrogens (primary N) is 1. The van der Waals surface area contributed by atoms with Crippen LogP contribution in [0.5, 0.6) is 0 Å². The van der Waals surface area contributed by atoms with Gasteiger partial charge in [-0.2, -0.15) is 0 Å². The van der Waals surface area contributed by atoms with E-state index in [-0.39, 0.29) is 18.3 Å². The maximum absolute atomic E-state index is 13.1. The summed E-state index contributed by atoms with van der Waals surface area (Å²) in [5, 5.41) is 1.05. The van der Waals surface area contributed by atoms with E-state index in [4.69, 9.17) is 10.7 Å². The first-order chi connectivity index (χ1) is 12.7. The normalized spacial score (nSPS) is 29.1. The maximum Gasteiger partial charge on any atom is 0.226 e. The summed E-state index contributed by atoms with van der Waals surface area (Å²) < 4.78 is 0. The van der Waals surface area contributed by atoms with Gasteiger partial charge in [-0.1, -0.05) is 0 Å². The maximum atomic E-state index is 13.1. The molecule has 1 saturated carbocycles. The van der Waals surface area contributed by atoms with Crippen LogP contribution in [0.3, 0.4) is 0 Å². The van der Waals surface area contributed by atoms with Gasteiger partial charge in [0.2, 0.25) is 5.91 Å². The number of aryl methyl sites for hydroxylation is 1. The third-order valence-corrected chi connectivity index (χ3v) is 7.64. The zero-order valence-electron chi connectivity index (χ0n) is 15.2. The molecule has 2 unspecified atom stereocenters. The Hall–Kier alpha value is -1.50. The minimum absolute atomic E-state index is 0. The molecule has 27 heavy (non-hydrogen) atoms. The summed E-state index contributed by atoms with van der Waals surface area (Å²) in [5.74, 6) is 1.44. The lowest BCUT2D eigenvalue weighted by atomic mass is 9.87. The molecular weight excluding hydrogens is 380 g/mol. The van der Waals surface area contributed by atoms with Gasteiger partial charge in [-0.3, -0.25) is 9.78 Å². The predicted octanol–water partition coefficient (Wildman–Crippen LogP) is 2.93. The number of carbonyl (C=O) groups excluding carboxylic acids is 1. The summed E-state index contributed by atoms with van der Waals surface area (Å²) in [7, 11) is 0. The molecule has 1 amide bonds. The number of amides is 1.